The van der Waals surface area contributed by atoms with E-state index in [0.717, 1.165) is 5.88 Å². The van der Waals surface area contributed by atoms with Crippen LogP contribution >= 0.6 is 11.6 Å². The van der Waals surface area contributed by atoms with Gasteiger partial charge in [0.15, 0.2) is 0 Å². The fourth-order valence-electron chi connectivity index (χ4n) is 1.58. The van der Waals surface area contributed by atoms with E-state index in [0.29, 0.717) is 0 Å². The van der Waals surface area contributed by atoms with Crippen molar-refractivity contribution in [2.24, 2.45) is 0 Å². The van der Waals surface area contributed by atoms with Crippen molar-refractivity contribution in [2.45, 2.75) is 71.1 Å². The molecule has 88 valence electrons. The smallest absolute Gasteiger partial charge is 0.0223 e. The Labute approximate surface area is 94.5 Å². The van der Waals surface area contributed by atoms with Gasteiger partial charge in [0.1, 0.15) is 0 Å². The van der Waals surface area contributed by atoms with Crippen molar-refractivity contribution in [1.82, 2.24) is 0 Å². The molecule has 1 nitrogen and oxygen atoms in total. The summed E-state index contributed by atoms with van der Waals surface area (Å²) in [4.78, 5) is 0. The van der Waals surface area contributed by atoms with Crippen LogP contribution in [0.5, 0.6) is 0 Å². The highest BCUT2D eigenvalue weighted by Gasteiger charge is 1.91. The summed E-state index contributed by atoms with van der Waals surface area (Å²) in [5.74, 6) is 0.844. The second-order valence-electron chi connectivity index (χ2n) is 3.87. The van der Waals surface area contributed by atoms with Gasteiger partial charge in [-0.05, 0) is 6.42 Å². The number of hydrogen-bond donors (Lipinski definition) is 0. The first-order chi connectivity index (χ1) is 6.41. The first kappa shape index (κ1) is 16.7. The number of unbranched alkanes of at least 4 members (excludes halogenated alkanes) is 9. The van der Waals surface area contributed by atoms with Crippen LogP contribution in [-0.2, 0) is 0 Å². The van der Waals surface area contributed by atoms with E-state index in [9.17, 15) is 0 Å². The van der Waals surface area contributed by atoms with Crippen molar-refractivity contribution >= 4 is 11.6 Å². The van der Waals surface area contributed by atoms with E-state index < -0.39 is 0 Å². The van der Waals surface area contributed by atoms with Crippen molar-refractivity contribution in [2.75, 3.05) is 5.88 Å². The molecule has 0 heterocycles. The van der Waals surface area contributed by atoms with Crippen LogP contribution in [0, 0.1) is 0 Å². The molecule has 0 saturated heterocycles. The fourth-order valence-corrected chi connectivity index (χ4v) is 1.77. The molecule has 0 radical (unpaired) electrons. The van der Waals surface area contributed by atoms with Crippen LogP contribution in [-0.4, -0.2) is 11.4 Å². The molecule has 0 unspecified atom stereocenters. The van der Waals surface area contributed by atoms with Crippen LogP contribution in [0.15, 0.2) is 0 Å². The summed E-state index contributed by atoms with van der Waals surface area (Å²) in [6, 6.07) is 0. The van der Waals surface area contributed by atoms with Crippen LogP contribution in [0.4, 0.5) is 0 Å². The minimum absolute atomic E-state index is 0. The molecule has 0 amide bonds. The van der Waals surface area contributed by atoms with Crippen molar-refractivity contribution in [3.63, 3.8) is 0 Å². The third-order valence-corrected chi connectivity index (χ3v) is 2.75. The van der Waals surface area contributed by atoms with Gasteiger partial charge in [-0.15, -0.1) is 11.6 Å². The Balaban J connectivity index is 0. The highest BCUT2D eigenvalue weighted by atomic mass is 35.5. The molecule has 2 N–H and O–H groups in total. The van der Waals surface area contributed by atoms with Gasteiger partial charge in [-0.2, -0.15) is 0 Å². The Hall–Kier alpha value is 0.250. The summed E-state index contributed by atoms with van der Waals surface area (Å²) in [5, 5.41) is 0. The highest BCUT2D eigenvalue weighted by Crippen LogP contribution is 2.10. The number of halogens is 1. The van der Waals surface area contributed by atoms with Gasteiger partial charge in [-0.25, -0.2) is 0 Å². The van der Waals surface area contributed by atoms with Gasteiger partial charge in [-0.1, -0.05) is 64.7 Å². The molecule has 0 aliphatic rings. The lowest BCUT2D eigenvalue weighted by Crippen LogP contribution is -1.81. The molecule has 0 bridgehead atoms. The molecule has 0 spiro atoms. The van der Waals surface area contributed by atoms with Gasteiger partial charge in [0.2, 0.25) is 0 Å². The summed E-state index contributed by atoms with van der Waals surface area (Å²) in [6.07, 6.45) is 13.9. The zero-order valence-electron chi connectivity index (χ0n) is 9.66. The van der Waals surface area contributed by atoms with Crippen molar-refractivity contribution in [3.05, 3.63) is 0 Å². The Morgan fingerprint density at radius 2 is 1.00 bits per heavy atom. The Kier molecular flexibility index (Phi) is 18.7. The molecule has 0 aliphatic heterocycles. The topological polar surface area (TPSA) is 31.5 Å². The highest BCUT2D eigenvalue weighted by molar-refractivity contribution is 6.17. The Morgan fingerprint density at radius 1 is 0.643 bits per heavy atom. The fraction of sp³-hybridized carbons (Fsp3) is 1.00. The molecule has 0 fully saturated rings. The van der Waals surface area contributed by atoms with E-state index in [1.165, 1.54) is 64.2 Å². The molecule has 0 rings (SSSR count). The van der Waals surface area contributed by atoms with E-state index in [1.54, 1.807) is 0 Å². The van der Waals surface area contributed by atoms with E-state index >= 15 is 0 Å². The zero-order chi connectivity index (χ0) is 9.78. The summed E-state index contributed by atoms with van der Waals surface area (Å²) < 4.78 is 0. The molecule has 0 aromatic heterocycles. The Morgan fingerprint density at radius 3 is 1.36 bits per heavy atom. The molecule has 0 aliphatic carbocycles. The monoisotopic (exact) mass is 222 g/mol. The Bertz CT molecular complexity index is 76.4. The summed E-state index contributed by atoms with van der Waals surface area (Å²) in [6.45, 7) is 2.27. The van der Waals surface area contributed by atoms with Gasteiger partial charge < -0.3 is 5.48 Å². The lowest BCUT2D eigenvalue weighted by molar-refractivity contribution is 0.563. The average molecular weight is 223 g/mol. The van der Waals surface area contributed by atoms with Crippen molar-refractivity contribution in [3.8, 4) is 0 Å². The van der Waals surface area contributed by atoms with Gasteiger partial charge in [0, 0.05) is 5.88 Å². The molecular weight excluding hydrogens is 196 g/mol. The molecule has 14 heavy (non-hydrogen) atoms. The average Bonchev–Trinajstić information content (AvgIpc) is 2.16. The number of rotatable bonds is 10. The minimum Gasteiger partial charge on any atom is -0.412 e. The molecule has 0 aromatic carbocycles. The number of hydrogen-bond acceptors (Lipinski definition) is 0. The van der Waals surface area contributed by atoms with Crippen LogP contribution in [0.2, 0.25) is 0 Å². The second kappa shape index (κ2) is 15.7. The molecule has 2 heteroatoms. The molecule has 0 atom stereocenters. The summed E-state index contributed by atoms with van der Waals surface area (Å²) in [7, 11) is 0. The van der Waals surface area contributed by atoms with Crippen LogP contribution < -0.4 is 0 Å². The summed E-state index contributed by atoms with van der Waals surface area (Å²) >= 11 is 5.60. The van der Waals surface area contributed by atoms with Crippen LogP contribution in [0.25, 0.3) is 0 Å². The largest absolute Gasteiger partial charge is 0.412 e. The lowest BCUT2D eigenvalue weighted by atomic mass is 10.1. The van der Waals surface area contributed by atoms with Crippen LogP contribution in [0.3, 0.4) is 0 Å². The van der Waals surface area contributed by atoms with Gasteiger partial charge in [0.05, 0.1) is 0 Å². The predicted octanol–water partition coefficient (Wildman–Crippen LogP) is 4.32. The van der Waals surface area contributed by atoms with Crippen molar-refractivity contribution in [1.29, 1.82) is 0 Å². The maximum atomic E-state index is 5.60. The maximum absolute atomic E-state index is 5.60. The molecule has 0 saturated carbocycles. The quantitative estimate of drug-likeness (QED) is 0.390. The normalized spacial score (nSPS) is 9.86. The van der Waals surface area contributed by atoms with E-state index in [1.807, 2.05) is 0 Å². The van der Waals surface area contributed by atoms with Crippen molar-refractivity contribution < 1.29 is 5.48 Å². The van der Waals surface area contributed by atoms with E-state index in [2.05, 4.69) is 6.92 Å². The standard InChI is InChI=1S/C12H25Cl.H2O/c1-2-3-4-5-6-7-8-9-10-11-12-13;/h2-12H2,1H3;1H2. The minimum atomic E-state index is 0. The SMILES string of the molecule is CCCCCCCCCCCCCl.O. The number of alkyl halides is 1. The third-order valence-electron chi connectivity index (χ3n) is 2.49. The van der Waals surface area contributed by atoms with E-state index in [-0.39, 0.29) is 5.48 Å². The maximum Gasteiger partial charge on any atom is 0.0223 e. The van der Waals surface area contributed by atoms with Gasteiger partial charge in [0.25, 0.3) is 0 Å². The van der Waals surface area contributed by atoms with Gasteiger partial charge >= 0.3 is 0 Å². The summed E-state index contributed by atoms with van der Waals surface area (Å²) in [5.41, 5.74) is 0. The first-order valence-electron chi connectivity index (χ1n) is 5.97. The predicted molar refractivity (Wildman–Crippen MR) is 66.2 cm³/mol. The lowest BCUT2D eigenvalue weighted by Gasteiger charge is -2.00. The van der Waals surface area contributed by atoms with E-state index in [4.69, 9.17) is 11.6 Å². The zero-order valence-corrected chi connectivity index (χ0v) is 10.4. The first-order valence-corrected chi connectivity index (χ1v) is 6.51. The van der Waals surface area contributed by atoms with Gasteiger partial charge in [-0.3, -0.25) is 0 Å². The second-order valence-corrected chi connectivity index (χ2v) is 4.25. The molecule has 0 aromatic rings. The molecular formula is C12H27ClO. The van der Waals surface area contributed by atoms with Crippen LogP contribution in [0.1, 0.15) is 71.1 Å². The third kappa shape index (κ3) is 14.8.